The summed E-state index contributed by atoms with van der Waals surface area (Å²) in [6.45, 7) is 2.92. The van der Waals surface area contributed by atoms with Crippen LogP contribution in [-0.2, 0) is 0 Å². The Morgan fingerprint density at radius 1 is 1.25 bits per heavy atom. The van der Waals surface area contributed by atoms with Crippen molar-refractivity contribution in [2.24, 2.45) is 0 Å². The van der Waals surface area contributed by atoms with Crippen molar-refractivity contribution in [2.45, 2.75) is 22.6 Å². The van der Waals surface area contributed by atoms with E-state index in [1.165, 1.54) is 23.1 Å². The summed E-state index contributed by atoms with van der Waals surface area (Å²) in [6, 6.07) is 9.29. The zero-order valence-electron chi connectivity index (χ0n) is 10.8. The number of benzene rings is 1. The molecule has 0 spiro atoms. The van der Waals surface area contributed by atoms with E-state index in [1.54, 1.807) is 18.2 Å². The minimum Gasteiger partial charge on any atom is -0.360 e. The molecule has 0 amide bonds. The van der Waals surface area contributed by atoms with E-state index in [-0.39, 0.29) is 0 Å². The Morgan fingerprint density at radius 3 is 2.55 bits per heavy atom. The molecule has 0 aliphatic rings. The minimum atomic E-state index is 0.479. The van der Waals surface area contributed by atoms with E-state index in [1.807, 2.05) is 0 Å². The summed E-state index contributed by atoms with van der Waals surface area (Å²) < 4.78 is 0.711. The predicted octanol–water partition coefficient (Wildman–Crippen LogP) is 3.25. The monoisotopic (exact) mass is 301 g/mol. The van der Waals surface area contributed by atoms with Crippen LogP contribution in [0.2, 0.25) is 0 Å². The van der Waals surface area contributed by atoms with Gasteiger partial charge < -0.3 is 5.32 Å². The molecule has 5 nitrogen and oxygen atoms in total. The molecule has 0 radical (unpaired) electrons. The summed E-state index contributed by atoms with van der Waals surface area (Å²) >= 11 is 2.72. The van der Waals surface area contributed by atoms with Crippen molar-refractivity contribution in [2.75, 3.05) is 11.9 Å². The Labute approximate surface area is 125 Å². The van der Waals surface area contributed by atoms with Gasteiger partial charge in [-0.1, -0.05) is 36.1 Å². The van der Waals surface area contributed by atoms with E-state index < -0.39 is 0 Å². The molecule has 0 fully saturated rings. The van der Waals surface area contributed by atoms with Gasteiger partial charge in [0, 0.05) is 6.54 Å². The Bertz CT molecular complexity index is 649. The largest absolute Gasteiger partial charge is 0.360 e. The number of nitriles is 2. The molecule has 0 saturated carbocycles. The first-order chi connectivity index (χ1) is 9.78. The zero-order valence-corrected chi connectivity index (χ0v) is 12.4. The van der Waals surface area contributed by atoms with Crippen LogP contribution < -0.4 is 5.32 Å². The van der Waals surface area contributed by atoms with E-state index in [9.17, 15) is 0 Å². The number of nitrogens with zero attached hydrogens (tertiary/aromatic N) is 4. The lowest BCUT2D eigenvalue weighted by atomic mass is 10.1. The summed E-state index contributed by atoms with van der Waals surface area (Å²) in [5, 5.41) is 30.2. The maximum atomic E-state index is 9.12. The average molecular weight is 301 g/mol. The fourth-order valence-electron chi connectivity index (χ4n) is 1.46. The Balaban J connectivity index is 2.24. The molecule has 2 aromatic rings. The van der Waals surface area contributed by atoms with Crippen LogP contribution in [0, 0.1) is 22.7 Å². The van der Waals surface area contributed by atoms with Crippen molar-refractivity contribution >= 4 is 28.2 Å². The third kappa shape index (κ3) is 3.27. The molecule has 1 N–H and O–H groups in total. The number of aromatic nitrogens is 2. The van der Waals surface area contributed by atoms with Crippen molar-refractivity contribution in [1.29, 1.82) is 10.5 Å². The van der Waals surface area contributed by atoms with Gasteiger partial charge in [-0.3, -0.25) is 0 Å². The molecule has 0 unspecified atom stereocenters. The third-order valence-corrected chi connectivity index (χ3v) is 4.45. The number of rotatable bonds is 5. The van der Waals surface area contributed by atoms with Gasteiger partial charge in [-0.25, -0.2) is 0 Å². The number of anilines is 1. The molecule has 20 heavy (non-hydrogen) atoms. The molecule has 0 aliphatic carbocycles. The second-order valence-corrected chi connectivity index (χ2v) is 6.04. The molecule has 2 rings (SSSR count). The number of nitrogens with one attached hydrogen (secondary N) is 1. The highest BCUT2D eigenvalue weighted by Gasteiger charge is 2.13. The van der Waals surface area contributed by atoms with Crippen molar-refractivity contribution in [1.82, 2.24) is 10.2 Å². The van der Waals surface area contributed by atoms with Crippen LogP contribution in [0.25, 0.3) is 0 Å². The van der Waals surface area contributed by atoms with Crippen LogP contribution in [0.4, 0.5) is 5.13 Å². The summed E-state index contributed by atoms with van der Waals surface area (Å²) in [5.74, 6) is 0. The van der Waals surface area contributed by atoms with Crippen molar-refractivity contribution < 1.29 is 0 Å². The molecule has 0 aliphatic heterocycles. The minimum absolute atomic E-state index is 0.479. The van der Waals surface area contributed by atoms with E-state index in [0.29, 0.717) is 20.4 Å². The predicted molar refractivity (Wildman–Crippen MR) is 78.7 cm³/mol. The van der Waals surface area contributed by atoms with Crippen LogP contribution in [0.5, 0.6) is 0 Å². The third-order valence-electron chi connectivity index (χ3n) is 2.38. The van der Waals surface area contributed by atoms with Crippen LogP contribution in [0.3, 0.4) is 0 Å². The molecule has 1 aromatic carbocycles. The normalized spacial score (nSPS) is 9.75. The topological polar surface area (TPSA) is 85.4 Å². The quantitative estimate of drug-likeness (QED) is 0.912. The lowest BCUT2D eigenvalue weighted by Crippen LogP contribution is -1.98. The molecule has 7 heteroatoms. The molecular formula is C13H11N5S2. The molecule has 1 heterocycles. The van der Waals surface area contributed by atoms with Gasteiger partial charge in [0.25, 0.3) is 0 Å². The molecule has 100 valence electrons. The second kappa shape index (κ2) is 6.90. The first-order valence-corrected chi connectivity index (χ1v) is 7.60. The second-order valence-electron chi connectivity index (χ2n) is 3.81. The van der Waals surface area contributed by atoms with Crippen molar-refractivity contribution in [3.63, 3.8) is 0 Å². The highest BCUT2D eigenvalue weighted by atomic mass is 32.2. The average Bonchev–Trinajstić information content (AvgIpc) is 2.93. The smallest absolute Gasteiger partial charge is 0.206 e. The van der Waals surface area contributed by atoms with Crippen LogP contribution in [-0.4, -0.2) is 16.7 Å². The van der Waals surface area contributed by atoms with Gasteiger partial charge in [0.15, 0.2) is 4.34 Å². The lowest BCUT2D eigenvalue weighted by molar-refractivity contribution is 0.951. The highest BCUT2D eigenvalue weighted by Crippen LogP contribution is 2.35. The van der Waals surface area contributed by atoms with Crippen LogP contribution >= 0.6 is 23.1 Å². The SMILES string of the molecule is CCCNc1nnc(Sc2c(C#N)cccc2C#N)s1. The first-order valence-electron chi connectivity index (χ1n) is 5.97. The van der Waals surface area contributed by atoms with Gasteiger partial charge in [0.2, 0.25) is 5.13 Å². The van der Waals surface area contributed by atoms with Gasteiger partial charge in [-0.2, -0.15) is 10.5 Å². The molecule has 1 aromatic heterocycles. The van der Waals surface area contributed by atoms with Crippen LogP contribution in [0.15, 0.2) is 27.4 Å². The van der Waals surface area contributed by atoms with Crippen LogP contribution in [0.1, 0.15) is 24.5 Å². The standard InChI is InChI=1S/C13H11N5S2/c1-2-6-16-12-17-18-13(20-12)19-11-9(7-14)4-3-5-10(11)8-15/h3-5H,2,6H2,1H3,(H,16,17). The summed E-state index contributed by atoms with van der Waals surface area (Å²) in [6.07, 6.45) is 1.01. The van der Waals surface area contributed by atoms with E-state index in [2.05, 4.69) is 34.6 Å². The lowest BCUT2D eigenvalue weighted by Gasteiger charge is -2.02. The fraction of sp³-hybridized carbons (Fsp3) is 0.231. The molecule has 0 saturated heterocycles. The zero-order chi connectivity index (χ0) is 14.4. The maximum absolute atomic E-state index is 9.12. The molecule has 0 atom stereocenters. The summed E-state index contributed by atoms with van der Waals surface area (Å²) in [5.41, 5.74) is 0.958. The maximum Gasteiger partial charge on any atom is 0.206 e. The summed E-state index contributed by atoms with van der Waals surface area (Å²) in [7, 11) is 0. The van der Waals surface area contributed by atoms with Crippen molar-refractivity contribution in [3.05, 3.63) is 29.3 Å². The molecular weight excluding hydrogens is 290 g/mol. The van der Waals surface area contributed by atoms with E-state index in [0.717, 1.165) is 18.1 Å². The Kier molecular flexibility index (Phi) is 4.94. The van der Waals surface area contributed by atoms with Gasteiger partial charge >= 0.3 is 0 Å². The van der Waals surface area contributed by atoms with Gasteiger partial charge in [0.05, 0.1) is 16.0 Å². The number of hydrogen-bond donors (Lipinski definition) is 1. The van der Waals surface area contributed by atoms with E-state index >= 15 is 0 Å². The highest BCUT2D eigenvalue weighted by molar-refractivity contribution is 8.01. The fourth-order valence-corrected chi connectivity index (χ4v) is 3.32. The van der Waals surface area contributed by atoms with Gasteiger partial charge in [-0.15, -0.1) is 10.2 Å². The van der Waals surface area contributed by atoms with Crippen molar-refractivity contribution in [3.8, 4) is 12.1 Å². The Hall–Kier alpha value is -2.09. The summed E-state index contributed by atoms with van der Waals surface area (Å²) in [4.78, 5) is 0.635. The first kappa shape index (κ1) is 14.3. The van der Waals surface area contributed by atoms with E-state index in [4.69, 9.17) is 10.5 Å². The molecule has 0 bridgehead atoms. The van der Waals surface area contributed by atoms with Gasteiger partial charge in [-0.05, 0) is 18.6 Å². The number of hydrogen-bond acceptors (Lipinski definition) is 7. The van der Waals surface area contributed by atoms with Gasteiger partial charge in [0.1, 0.15) is 12.1 Å². The Morgan fingerprint density at radius 2 is 1.95 bits per heavy atom.